The van der Waals surface area contributed by atoms with Crippen LogP contribution in [0.1, 0.15) is 0 Å². The zero-order valence-electron chi connectivity index (χ0n) is 17.1. The van der Waals surface area contributed by atoms with E-state index in [1.165, 1.54) is 0 Å². The van der Waals surface area contributed by atoms with Crippen molar-refractivity contribution in [3.05, 3.63) is 79.1 Å². The SMILES string of the molecule is COc1cc2nccc(Oc3cc4cccnc4nc3-c3ccccc3)c2cc1OC. The van der Waals surface area contributed by atoms with Crippen molar-refractivity contribution >= 4 is 21.9 Å². The summed E-state index contributed by atoms with van der Waals surface area (Å²) in [5.41, 5.74) is 3.08. The standard InChI is InChI=1S/C25H19N3O3/c1-29-21-14-18-19(15-22(21)30-2)26-12-10-20(18)31-23-13-17-9-6-11-27-25(17)28-24(23)16-7-4-3-5-8-16/h3-15H,1-2H3. The number of hydrogen-bond acceptors (Lipinski definition) is 6. The van der Waals surface area contributed by atoms with Crippen molar-refractivity contribution in [2.75, 3.05) is 14.2 Å². The van der Waals surface area contributed by atoms with Crippen LogP contribution >= 0.6 is 0 Å². The molecule has 5 aromatic rings. The lowest BCUT2D eigenvalue weighted by Gasteiger charge is -2.15. The molecule has 0 spiro atoms. The Kier molecular flexibility index (Phi) is 4.80. The molecule has 6 nitrogen and oxygen atoms in total. The van der Waals surface area contributed by atoms with E-state index in [2.05, 4.69) is 9.97 Å². The molecule has 0 atom stereocenters. The van der Waals surface area contributed by atoms with E-state index in [9.17, 15) is 0 Å². The van der Waals surface area contributed by atoms with Gasteiger partial charge in [0.25, 0.3) is 0 Å². The molecule has 31 heavy (non-hydrogen) atoms. The van der Waals surface area contributed by atoms with E-state index >= 15 is 0 Å². The third-order valence-corrected chi connectivity index (χ3v) is 5.03. The van der Waals surface area contributed by atoms with Crippen molar-refractivity contribution in [2.24, 2.45) is 0 Å². The van der Waals surface area contributed by atoms with E-state index in [-0.39, 0.29) is 0 Å². The molecule has 0 saturated heterocycles. The highest BCUT2D eigenvalue weighted by Gasteiger charge is 2.15. The van der Waals surface area contributed by atoms with Crippen LogP contribution in [0.5, 0.6) is 23.0 Å². The molecule has 0 aliphatic rings. The predicted octanol–water partition coefficient (Wildman–Crippen LogP) is 5.65. The zero-order chi connectivity index (χ0) is 21.2. The van der Waals surface area contributed by atoms with Crippen LogP contribution in [-0.4, -0.2) is 29.2 Å². The van der Waals surface area contributed by atoms with E-state index in [0.29, 0.717) is 28.6 Å². The summed E-state index contributed by atoms with van der Waals surface area (Å²) >= 11 is 0. The first-order chi connectivity index (χ1) is 15.3. The predicted molar refractivity (Wildman–Crippen MR) is 120 cm³/mol. The van der Waals surface area contributed by atoms with Crippen molar-refractivity contribution in [1.29, 1.82) is 0 Å². The van der Waals surface area contributed by atoms with Gasteiger partial charge in [0.2, 0.25) is 0 Å². The molecule has 5 rings (SSSR count). The van der Waals surface area contributed by atoms with Crippen LogP contribution in [0.25, 0.3) is 33.2 Å². The van der Waals surface area contributed by atoms with Gasteiger partial charge in [0.05, 0.1) is 19.7 Å². The van der Waals surface area contributed by atoms with E-state index in [4.69, 9.17) is 19.2 Å². The smallest absolute Gasteiger partial charge is 0.162 e. The molecule has 3 heterocycles. The molecule has 3 aromatic heterocycles. The first-order valence-electron chi connectivity index (χ1n) is 9.76. The summed E-state index contributed by atoms with van der Waals surface area (Å²) in [6.07, 6.45) is 3.45. The normalized spacial score (nSPS) is 10.9. The third kappa shape index (κ3) is 3.48. The van der Waals surface area contributed by atoms with Gasteiger partial charge in [-0.1, -0.05) is 30.3 Å². The number of methoxy groups -OCH3 is 2. The van der Waals surface area contributed by atoms with Crippen molar-refractivity contribution in [3.63, 3.8) is 0 Å². The number of benzene rings is 2. The fourth-order valence-corrected chi connectivity index (χ4v) is 3.52. The maximum atomic E-state index is 6.43. The maximum absolute atomic E-state index is 6.43. The summed E-state index contributed by atoms with van der Waals surface area (Å²) < 4.78 is 17.3. The van der Waals surface area contributed by atoms with E-state index in [0.717, 1.165) is 27.5 Å². The van der Waals surface area contributed by atoms with Crippen molar-refractivity contribution in [1.82, 2.24) is 15.0 Å². The summed E-state index contributed by atoms with van der Waals surface area (Å²) in [5, 5.41) is 1.71. The highest BCUT2D eigenvalue weighted by Crippen LogP contribution is 2.39. The molecule has 0 amide bonds. The van der Waals surface area contributed by atoms with Gasteiger partial charge in [0.1, 0.15) is 11.4 Å². The van der Waals surface area contributed by atoms with Crippen LogP contribution in [-0.2, 0) is 0 Å². The van der Waals surface area contributed by atoms with Crippen LogP contribution < -0.4 is 14.2 Å². The lowest BCUT2D eigenvalue weighted by atomic mass is 10.1. The maximum Gasteiger partial charge on any atom is 0.162 e. The van der Waals surface area contributed by atoms with Crippen molar-refractivity contribution in [3.8, 4) is 34.3 Å². The highest BCUT2D eigenvalue weighted by atomic mass is 16.5. The molecule has 152 valence electrons. The van der Waals surface area contributed by atoms with Gasteiger partial charge in [0.15, 0.2) is 22.9 Å². The molecule has 0 aliphatic heterocycles. The number of ether oxygens (including phenoxy) is 3. The summed E-state index contributed by atoms with van der Waals surface area (Å²) in [6.45, 7) is 0. The van der Waals surface area contributed by atoms with E-state index in [1.807, 2.05) is 66.7 Å². The molecule has 2 aromatic carbocycles. The van der Waals surface area contributed by atoms with E-state index in [1.54, 1.807) is 26.6 Å². The summed E-state index contributed by atoms with van der Waals surface area (Å²) in [5.74, 6) is 2.50. The lowest BCUT2D eigenvalue weighted by molar-refractivity contribution is 0.355. The molecule has 0 bridgehead atoms. The fourth-order valence-electron chi connectivity index (χ4n) is 3.52. The summed E-state index contributed by atoms with van der Waals surface area (Å²) in [6, 6.07) is 21.3. The summed E-state index contributed by atoms with van der Waals surface area (Å²) in [7, 11) is 3.21. The Morgan fingerprint density at radius 1 is 0.677 bits per heavy atom. The van der Waals surface area contributed by atoms with Crippen LogP contribution in [0, 0.1) is 0 Å². The molecular weight excluding hydrogens is 390 g/mol. The minimum atomic E-state index is 0.608. The zero-order valence-corrected chi connectivity index (χ0v) is 17.1. The number of fused-ring (bicyclic) bond motifs is 2. The Hall–Kier alpha value is -4.19. The van der Waals surface area contributed by atoms with Gasteiger partial charge in [-0.3, -0.25) is 4.98 Å². The molecular formula is C25H19N3O3. The van der Waals surface area contributed by atoms with Gasteiger partial charge in [-0.25, -0.2) is 9.97 Å². The average molecular weight is 409 g/mol. The Morgan fingerprint density at radius 2 is 1.48 bits per heavy atom. The Morgan fingerprint density at radius 3 is 2.29 bits per heavy atom. The van der Waals surface area contributed by atoms with Crippen molar-refractivity contribution < 1.29 is 14.2 Å². The van der Waals surface area contributed by atoms with Gasteiger partial charge >= 0.3 is 0 Å². The van der Waals surface area contributed by atoms with Crippen LogP contribution in [0.2, 0.25) is 0 Å². The quantitative estimate of drug-likeness (QED) is 0.373. The number of rotatable bonds is 5. The van der Waals surface area contributed by atoms with Crippen LogP contribution in [0.3, 0.4) is 0 Å². The molecule has 0 unspecified atom stereocenters. The Bertz CT molecular complexity index is 1390. The van der Waals surface area contributed by atoms with Gasteiger partial charge in [-0.15, -0.1) is 0 Å². The van der Waals surface area contributed by atoms with Crippen LogP contribution in [0.15, 0.2) is 79.1 Å². The van der Waals surface area contributed by atoms with Gasteiger partial charge in [0, 0.05) is 34.8 Å². The first kappa shape index (κ1) is 18.8. The second-order valence-electron chi connectivity index (χ2n) is 6.89. The van der Waals surface area contributed by atoms with Crippen LogP contribution in [0.4, 0.5) is 0 Å². The molecule has 0 N–H and O–H groups in total. The number of hydrogen-bond donors (Lipinski definition) is 0. The number of nitrogens with zero attached hydrogens (tertiary/aromatic N) is 3. The van der Waals surface area contributed by atoms with Gasteiger partial charge < -0.3 is 14.2 Å². The third-order valence-electron chi connectivity index (χ3n) is 5.03. The lowest BCUT2D eigenvalue weighted by Crippen LogP contribution is -1.96. The second kappa shape index (κ2) is 7.91. The van der Waals surface area contributed by atoms with Crippen molar-refractivity contribution in [2.45, 2.75) is 0 Å². The van der Waals surface area contributed by atoms with E-state index < -0.39 is 0 Å². The largest absolute Gasteiger partial charge is 0.493 e. The minimum Gasteiger partial charge on any atom is -0.493 e. The molecule has 0 fully saturated rings. The highest BCUT2D eigenvalue weighted by molar-refractivity contribution is 5.89. The van der Waals surface area contributed by atoms with Gasteiger partial charge in [-0.05, 0) is 30.3 Å². The first-order valence-corrected chi connectivity index (χ1v) is 9.76. The summed E-state index contributed by atoms with van der Waals surface area (Å²) in [4.78, 5) is 13.6. The molecule has 0 aliphatic carbocycles. The molecule has 6 heteroatoms. The molecule has 0 radical (unpaired) electrons. The Labute approximate surface area is 179 Å². The second-order valence-corrected chi connectivity index (χ2v) is 6.89. The topological polar surface area (TPSA) is 66.4 Å². The Balaban J connectivity index is 1.69. The minimum absolute atomic E-state index is 0.608. The average Bonchev–Trinajstić information content (AvgIpc) is 2.83. The monoisotopic (exact) mass is 409 g/mol. The number of aromatic nitrogens is 3. The van der Waals surface area contributed by atoms with Gasteiger partial charge in [-0.2, -0.15) is 0 Å². The number of pyridine rings is 3. The fraction of sp³-hybridized carbons (Fsp3) is 0.0800. The molecule has 0 saturated carbocycles.